The summed E-state index contributed by atoms with van der Waals surface area (Å²) in [5.74, 6) is 2.37. The predicted molar refractivity (Wildman–Crippen MR) is 84.4 cm³/mol. The quantitative estimate of drug-likeness (QED) is 0.936. The van der Waals surface area contributed by atoms with Crippen molar-refractivity contribution in [3.8, 4) is 11.5 Å². The van der Waals surface area contributed by atoms with Gasteiger partial charge in [0.2, 0.25) is 0 Å². The second kappa shape index (κ2) is 6.00. The van der Waals surface area contributed by atoms with E-state index in [0.717, 1.165) is 17.1 Å². The van der Waals surface area contributed by atoms with Crippen molar-refractivity contribution in [2.45, 2.75) is 16.9 Å². The maximum atomic E-state index is 10.9. The Hall–Kier alpha value is -1.65. The molecule has 0 radical (unpaired) electrons. The van der Waals surface area contributed by atoms with Crippen molar-refractivity contribution in [3.05, 3.63) is 53.6 Å². The molecule has 3 nitrogen and oxygen atoms in total. The second-order valence-electron chi connectivity index (χ2n) is 5.01. The van der Waals surface area contributed by atoms with Crippen LogP contribution in [0.25, 0.3) is 0 Å². The molecule has 21 heavy (non-hydrogen) atoms. The number of aliphatic hydroxyl groups excluding tert-OH is 1. The molecule has 0 saturated heterocycles. The van der Waals surface area contributed by atoms with E-state index in [-0.39, 0.29) is 5.92 Å². The molecule has 0 amide bonds. The van der Waals surface area contributed by atoms with Crippen molar-refractivity contribution in [3.63, 3.8) is 0 Å². The molecule has 0 fully saturated rings. The first-order chi connectivity index (χ1) is 10.2. The lowest BCUT2D eigenvalue weighted by atomic mass is 9.90. The maximum absolute atomic E-state index is 10.9. The van der Waals surface area contributed by atoms with Gasteiger partial charge in [-0.25, -0.2) is 0 Å². The smallest absolute Gasteiger partial charge is 0.124 e. The van der Waals surface area contributed by atoms with E-state index in [1.165, 1.54) is 10.5 Å². The molecule has 0 aliphatic carbocycles. The van der Waals surface area contributed by atoms with E-state index in [1.807, 2.05) is 30.3 Å². The molecule has 110 valence electrons. The third-order valence-corrected chi connectivity index (χ3v) is 5.08. The molecule has 0 bridgehead atoms. The summed E-state index contributed by atoms with van der Waals surface area (Å²) >= 11 is 1.79. The van der Waals surface area contributed by atoms with Gasteiger partial charge in [-0.05, 0) is 29.8 Å². The summed E-state index contributed by atoms with van der Waals surface area (Å²) in [5, 5.41) is 10.9. The molecular weight excluding hydrogens is 284 g/mol. The second-order valence-corrected chi connectivity index (χ2v) is 6.07. The van der Waals surface area contributed by atoms with Crippen LogP contribution >= 0.6 is 11.8 Å². The number of hydrogen-bond acceptors (Lipinski definition) is 4. The topological polar surface area (TPSA) is 38.7 Å². The van der Waals surface area contributed by atoms with Gasteiger partial charge in [0, 0.05) is 22.1 Å². The highest BCUT2D eigenvalue weighted by molar-refractivity contribution is 7.99. The number of aliphatic hydroxyl groups is 1. The Labute approximate surface area is 128 Å². The molecule has 1 heterocycles. The van der Waals surface area contributed by atoms with Gasteiger partial charge >= 0.3 is 0 Å². The van der Waals surface area contributed by atoms with Gasteiger partial charge in [-0.1, -0.05) is 18.2 Å². The van der Waals surface area contributed by atoms with Gasteiger partial charge in [0.25, 0.3) is 0 Å². The molecule has 2 aromatic rings. The minimum Gasteiger partial charge on any atom is -0.497 e. The standard InChI is InChI=1S/C17H18O3S/c1-19-11-7-8-15(20-2)13(9-11)17(18)14-10-21-16-6-4-3-5-12(14)16/h3-9,14,17-18H,10H2,1-2H3. The molecule has 0 aromatic heterocycles. The Balaban J connectivity index is 1.97. The molecule has 1 N–H and O–H groups in total. The van der Waals surface area contributed by atoms with Crippen LogP contribution in [0.4, 0.5) is 0 Å². The van der Waals surface area contributed by atoms with E-state index in [1.54, 1.807) is 26.0 Å². The lowest BCUT2D eigenvalue weighted by molar-refractivity contribution is 0.149. The number of rotatable bonds is 4. The Morgan fingerprint density at radius 1 is 1.14 bits per heavy atom. The van der Waals surface area contributed by atoms with Crippen molar-refractivity contribution in [1.82, 2.24) is 0 Å². The Morgan fingerprint density at radius 2 is 1.95 bits per heavy atom. The van der Waals surface area contributed by atoms with Gasteiger partial charge in [-0.15, -0.1) is 11.8 Å². The molecule has 2 atom stereocenters. The first-order valence-electron chi connectivity index (χ1n) is 6.86. The van der Waals surface area contributed by atoms with Crippen molar-refractivity contribution in [2.24, 2.45) is 0 Å². The summed E-state index contributed by atoms with van der Waals surface area (Å²) < 4.78 is 10.7. The van der Waals surface area contributed by atoms with Crippen LogP contribution in [0.2, 0.25) is 0 Å². The summed E-state index contributed by atoms with van der Waals surface area (Å²) in [7, 11) is 3.24. The molecule has 2 aromatic carbocycles. The minimum atomic E-state index is -0.605. The third kappa shape index (κ3) is 2.61. The van der Waals surface area contributed by atoms with Gasteiger partial charge in [-0.3, -0.25) is 0 Å². The van der Waals surface area contributed by atoms with Gasteiger partial charge in [0.15, 0.2) is 0 Å². The summed E-state index contributed by atoms with van der Waals surface area (Å²) in [5.41, 5.74) is 1.99. The van der Waals surface area contributed by atoms with E-state index in [2.05, 4.69) is 12.1 Å². The zero-order valence-electron chi connectivity index (χ0n) is 12.1. The van der Waals surface area contributed by atoms with Crippen molar-refractivity contribution < 1.29 is 14.6 Å². The zero-order valence-corrected chi connectivity index (χ0v) is 12.9. The number of methoxy groups -OCH3 is 2. The molecule has 1 aliphatic rings. The predicted octanol–water partition coefficient (Wildman–Crippen LogP) is 3.63. The Bertz CT molecular complexity index is 642. The van der Waals surface area contributed by atoms with Crippen LogP contribution in [-0.4, -0.2) is 25.1 Å². The van der Waals surface area contributed by atoms with E-state index in [0.29, 0.717) is 5.75 Å². The average Bonchev–Trinajstić information content (AvgIpc) is 2.97. The minimum absolute atomic E-state index is 0.0761. The Kier molecular flexibility index (Phi) is 4.08. The van der Waals surface area contributed by atoms with Crippen LogP contribution in [0, 0.1) is 0 Å². The number of hydrogen-bond donors (Lipinski definition) is 1. The van der Waals surface area contributed by atoms with Crippen LogP contribution in [0.3, 0.4) is 0 Å². The highest BCUT2D eigenvalue weighted by Crippen LogP contribution is 2.47. The summed E-state index contributed by atoms with van der Waals surface area (Å²) in [6, 6.07) is 13.8. The highest BCUT2D eigenvalue weighted by Gasteiger charge is 2.31. The van der Waals surface area contributed by atoms with Crippen molar-refractivity contribution in [1.29, 1.82) is 0 Å². The van der Waals surface area contributed by atoms with E-state index >= 15 is 0 Å². The van der Waals surface area contributed by atoms with Gasteiger partial charge in [0.05, 0.1) is 20.3 Å². The monoisotopic (exact) mass is 302 g/mol. The van der Waals surface area contributed by atoms with E-state index in [9.17, 15) is 5.11 Å². The fourth-order valence-electron chi connectivity index (χ4n) is 2.74. The van der Waals surface area contributed by atoms with Crippen LogP contribution in [0.1, 0.15) is 23.1 Å². The van der Waals surface area contributed by atoms with Crippen LogP contribution in [-0.2, 0) is 0 Å². The summed E-state index contributed by atoms with van der Waals surface area (Å²) in [4.78, 5) is 1.25. The number of ether oxygens (including phenoxy) is 2. The summed E-state index contributed by atoms with van der Waals surface area (Å²) in [6.45, 7) is 0. The third-order valence-electron chi connectivity index (χ3n) is 3.87. The van der Waals surface area contributed by atoms with E-state index < -0.39 is 6.10 Å². The number of thioether (sulfide) groups is 1. The first kappa shape index (κ1) is 14.3. The molecule has 2 unspecified atom stereocenters. The lowest BCUT2D eigenvalue weighted by Gasteiger charge is -2.21. The highest BCUT2D eigenvalue weighted by atomic mass is 32.2. The molecule has 1 aliphatic heterocycles. The van der Waals surface area contributed by atoms with Crippen LogP contribution < -0.4 is 9.47 Å². The largest absolute Gasteiger partial charge is 0.497 e. The fourth-order valence-corrected chi connectivity index (χ4v) is 4.02. The SMILES string of the molecule is COc1ccc(OC)c(C(O)C2CSc3ccccc32)c1. The average molecular weight is 302 g/mol. The van der Waals surface area contributed by atoms with Crippen LogP contribution in [0.5, 0.6) is 11.5 Å². The zero-order chi connectivity index (χ0) is 14.8. The number of fused-ring (bicyclic) bond motifs is 1. The fraction of sp³-hybridized carbons (Fsp3) is 0.294. The number of benzene rings is 2. The molecular formula is C17H18O3S. The van der Waals surface area contributed by atoms with Gasteiger partial charge < -0.3 is 14.6 Å². The van der Waals surface area contributed by atoms with Crippen molar-refractivity contribution >= 4 is 11.8 Å². The molecule has 3 rings (SSSR count). The lowest BCUT2D eigenvalue weighted by Crippen LogP contribution is -2.12. The van der Waals surface area contributed by atoms with Gasteiger partial charge in [-0.2, -0.15) is 0 Å². The van der Waals surface area contributed by atoms with E-state index in [4.69, 9.17) is 9.47 Å². The Morgan fingerprint density at radius 3 is 2.71 bits per heavy atom. The molecule has 0 saturated carbocycles. The molecule has 4 heteroatoms. The molecule has 0 spiro atoms. The van der Waals surface area contributed by atoms with Crippen LogP contribution in [0.15, 0.2) is 47.4 Å². The summed E-state index contributed by atoms with van der Waals surface area (Å²) in [6.07, 6.45) is -0.605. The normalized spacial score (nSPS) is 18.1. The first-order valence-corrected chi connectivity index (χ1v) is 7.85. The maximum Gasteiger partial charge on any atom is 0.124 e. The van der Waals surface area contributed by atoms with Crippen molar-refractivity contribution in [2.75, 3.05) is 20.0 Å². The van der Waals surface area contributed by atoms with Gasteiger partial charge in [0.1, 0.15) is 11.5 Å².